The van der Waals surface area contributed by atoms with Gasteiger partial charge in [-0.3, -0.25) is 14.2 Å². The van der Waals surface area contributed by atoms with Crippen LogP contribution in [0.15, 0.2) is 53.7 Å². The summed E-state index contributed by atoms with van der Waals surface area (Å²) in [5.74, 6) is 0.201. The predicted molar refractivity (Wildman–Crippen MR) is 125 cm³/mol. The highest BCUT2D eigenvalue weighted by Crippen LogP contribution is 2.26. The first kappa shape index (κ1) is 21.3. The number of rotatable bonds is 7. The molecular formula is C24H26N6O2. The average molecular weight is 431 g/mol. The van der Waals surface area contributed by atoms with Crippen molar-refractivity contribution in [3.05, 3.63) is 81.7 Å². The van der Waals surface area contributed by atoms with Gasteiger partial charge in [-0.2, -0.15) is 0 Å². The molecule has 0 radical (unpaired) electrons. The van der Waals surface area contributed by atoms with Gasteiger partial charge in [0, 0.05) is 49.7 Å². The lowest BCUT2D eigenvalue weighted by Gasteiger charge is -2.13. The molecule has 1 amide bonds. The number of amides is 1. The van der Waals surface area contributed by atoms with Crippen LogP contribution >= 0.6 is 0 Å². The molecule has 0 spiro atoms. The molecule has 0 bridgehead atoms. The minimum Gasteiger partial charge on any atom is -0.365 e. The van der Waals surface area contributed by atoms with E-state index in [0.717, 1.165) is 28.6 Å². The monoisotopic (exact) mass is 430 g/mol. The van der Waals surface area contributed by atoms with Crippen molar-refractivity contribution in [3.8, 4) is 5.69 Å². The van der Waals surface area contributed by atoms with Gasteiger partial charge in [0.05, 0.1) is 5.69 Å². The van der Waals surface area contributed by atoms with Crippen molar-refractivity contribution in [2.45, 2.75) is 33.7 Å². The van der Waals surface area contributed by atoms with Gasteiger partial charge in [-0.1, -0.05) is 30.3 Å². The van der Waals surface area contributed by atoms with Crippen LogP contribution in [0.4, 0.5) is 5.82 Å². The molecule has 4 rings (SSSR count). The number of carbonyl (C=O) groups is 1. The number of nitrogens with zero attached hydrogens (tertiary/aromatic N) is 3. The molecule has 0 aliphatic rings. The largest absolute Gasteiger partial charge is 0.365 e. The second-order valence-electron chi connectivity index (χ2n) is 7.77. The number of fused-ring (bicyclic) bond motifs is 1. The van der Waals surface area contributed by atoms with Crippen LogP contribution in [-0.4, -0.2) is 32.0 Å². The molecule has 0 saturated heterocycles. The molecule has 164 valence electrons. The lowest BCUT2D eigenvalue weighted by atomic mass is 10.1. The van der Waals surface area contributed by atoms with Gasteiger partial charge in [0.2, 0.25) is 5.91 Å². The fourth-order valence-corrected chi connectivity index (χ4v) is 3.78. The number of nitrogens with one attached hydrogen (secondary N) is 3. The van der Waals surface area contributed by atoms with Gasteiger partial charge in [-0.15, -0.1) is 0 Å². The molecule has 3 aromatic heterocycles. The number of anilines is 1. The van der Waals surface area contributed by atoms with E-state index < -0.39 is 0 Å². The summed E-state index contributed by atoms with van der Waals surface area (Å²) in [6.07, 6.45) is 6.01. The summed E-state index contributed by atoms with van der Waals surface area (Å²) < 4.78 is 1.65. The Morgan fingerprint density at radius 2 is 1.91 bits per heavy atom. The lowest BCUT2D eigenvalue weighted by molar-refractivity contribution is -0.119. The Balaban J connectivity index is 1.68. The summed E-state index contributed by atoms with van der Waals surface area (Å²) in [6.45, 7) is 6.29. The highest BCUT2D eigenvalue weighted by Gasteiger charge is 2.17. The third-order valence-electron chi connectivity index (χ3n) is 5.50. The summed E-state index contributed by atoms with van der Waals surface area (Å²) in [4.78, 5) is 36.6. The molecule has 0 aliphatic carbocycles. The number of carbonyl (C=O) groups excluding carboxylic acids is 1. The number of H-pyrrole nitrogens is 1. The Morgan fingerprint density at radius 1 is 1.12 bits per heavy atom. The smallest absolute Gasteiger partial charge is 0.298 e. The Bertz CT molecular complexity index is 1320. The van der Waals surface area contributed by atoms with E-state index >= 15 is 0 Å². The van der Waals surface area contributed by atoms with Crippen molar-refractivity contribution < 1.29 is 4.79 Å². The van der Waals surface area contributed by atoms with Crippen molar-refractivity contribution in [1.29, 1.82) is 0 Å². The predicted octanol–water partition coefficient (Wildman–Crippen LogP) is 3.02. The third-order valence-corrected chi connectivity index (χ3v) is 5.50. The number of benzene rings is 1. The van der Waals surface area contributed by atoms with Crippen LogP contribution in [0.1, 0.15) is 29.3 Å². The standard InChI is InChI=1S/C24H26N6O2/c1-15-11-27-23(25-10-9-18-7-5-4-6-8-18)24(32)30(15)20-14-29-22-21(20)16(2)19(13-28-22)12-26-17(3)31/h4-8,11,13-14H,9-10,12H2,1-3H3,(H,25,27)(H,26,31)(H,28,29). The number of aryl methyl sites for hydroxylation is 2. The van der Waals surface area contributed by atoms with Crippen molar-refractivity contribution in [2.75, 3.05) is 11.9 Å². The zero-order chi connectivity index (χ0) is 22.7. The zero-order valence-corrected chi connectivity index (χ0v) is 18.4. The van der Waals surface area contributed by atoms with Gasteiger partial charge in [-0.05, 0) is 37.0 Å². The molecule has 32 heavy (non-hydrogen) atoms. The normalized spacial score (nSPS) is 11.0. The molecule has 0 fully saturated rings. The summed E-state index contributed by atoms with van der Waals surface area (Å²) in [6, 6.07) is 10.1. The van der Waals surface area contributed by atoms with Crippen LogP contribution in [0, 0.1) is 13.8 Å². The SMILES string of the molecule is CC(=O)NCc1cnc2[nH]cc(-n3c(C)cnc(NCCc4ccccc4)c3=O)c2c1C. The third kappa shape index (κ3) is 4.25. The maximum absolute atomic E-state index is 13.3. The molecular weight excluding hydrogens is 404 g/mol. The van der Waals surface area contributed by atoms with E-state index in [9.17, 15) is 9.59 Å². The molecule has 0 unspecified atom stereocenters. The van der Waals surface area contributed by atoms with Crippen LogP contribution in [0.3, 0.4) is 0 Å². The molecule has 0 saturated carbocycles. The van der Waals surface area contributed by atoms with Crippen molar-refractivity contribution in [1.82, 2.24) is 24.8 Å². The van der Waals surface area contributed by atoms with E-state index in [1.807, 2.05) is 32.0 Å². The number of hydrogen-bond donors (Lipinski definition) is 3. The van der Waals surface area contributed by atoms with Crippen molar-refractivity contribution >= 4 is 22.8 Å². The highest BCUT2D eigenvalue weighted by molar-refractivity contribution is 5.89. The second kappa shape index (κ2) is 9.05. The van der Waals surface area contributed by atoms with Crippen LogP contribution in [0.2, 0.25) is 0 Å². The summed E-state index contributed by atoms with van der Waals surface area (Å²) >= 11 is 0. The van der Waals surface area contributed by atoms with Crippen LogP contribution in [-0.2, 0) is 17.8 Å². The van der Waals surface area contributed by atoms with Gasteiger partial charge >= 0.3 is 0 Å². The van der Waals surface area contributed by atoms with Crippen LogP contribution < -0.4 is 16.2 Å². The summed E-state index contributed by atoms with van der Waals surface area (Å²) in [7, 11) is 0. The van der Waals surface area contributed by atoms with Gasteiger partial charge < -0.3 is 15.6 Å². The molecule has 3 N–H and O–H groups in total. The minimum absolute atomic E-state index is 0.105. The van der Waals surface area contributed by atoms with Gasteiger partial charge in [-0.25, -0.2) is 9.97 Å². The molecule has 8 heteroatoms. The van der Waals surface area contributed by atoms with Crippen molar-refractivity contribution in [3.63, 3.8) is 0 Å². The van der Waals surface area contributed by atoms with E-state index in [0.29, 0.717) is 30.2 Å². The molecule has 3 heterocycles. The molecule has 8 nitrogen and oxygen atoms in total. The minimum atomic E-state index is -0.217. The first-order valence-corrected chi connectivity index (χ1v) is 10.5. The van der Waals surface area contributed by atoms with Gasteiger partial charge in [0.25, 0.3) is 5.56 Å². The van der Waals surface area contributed by atoms with E-state index in [1.165, 1.54) is 12.5 Å². The zero-order valence-electron chi connectivity index (χ0n) is 18.4. The number of pyridine rings is 1. The van der Waals surface area contributed by atoms with Gasteiger partial charge in [0.15, 0.2) is 5.82 Å². The molecule has 1 aromatic carbocycles. The Labute approximate surface area is 185 Å². The first-order valence-electron chi connectivity index (χ1n) is 10.5. The maximum atomic E-state index is 13.3. The van der Waals surface area contributed by atoms with Crippen LogP contribution in [0.5, 0.6) is 0 Å². The van der Waals surface area contributed by atoms with Crippen LogP contribution in [0.25, 0.3) is 16.7 Å². The number of aromatic amines is 1. The Morgan fingerprint density at radius 3 is 2.66 bits per heavy atom. The molecule has 4 aromatic rings. The van der Waals surface area contributed by atoms with E-state index in [-0.39, 0.29) is 11.5 Å². The first-order chi connectivity index (χ1) is 15.5. The highest BCUT2D eigenvalue weighted by atomic mass is 16.1. The van der Waals surface area contributed by atoms with E-state index in [4.69, 9.17) is 0 Å². The average Bonchev–Trinajstić information content (AvgIpc) is 3.20. The molecule has 0 aliphatic heterocycles. The van der Waals surface area contributed by atoms with Crippen molar-refractivity contribution in [2.24, 2.45) is 0 Å². The maximum Gasteiger partial charge on any atom is 0.298 e. The summed E-state index contributed by atoms with van der Waals surface area (Å²) in [5.41, 5.74) is 4.95. The fourth-order valence-electron chi connectivity index (χ4n) is 3.78. The Hall–Kier alpha value is -3.94. The Kier molecular flexibility index (Phi) is 6.02. The fraction of sp³-hybridized carbons (Fsp3) is 0.250. The summed E-state index contributed by atoms with van der Waals surface area (Å²) in [5, 5.41) is 6.84. The van der Waals surface area contributed by atoms with E-state index in [1.54, 1.807) is 23.2 Å². The van der Waals surface area contributed by atoms with E-state index in [2.05, 4.69) is 37.7 Å². The number of aromatic nitrogens is 4. The second-order valence-corrected chi connectivity index (χ2v) is 7.77. The lowest BCUT2D eigenvalue weighted by Crippen LogP contribution is -2.26. The topological polar surface area (TPSA) is 105 Å². The molecule has 0 atom stereocenters. The number of hydrogen-bond acceptors (Lipinski definition) is 5. The quantitative estimate of drug-likeness (QED) is 0.418. The van der Waals surface area contributed by atoms with Gasteiger partial charge in [0.1, 0.15) is 5.65 Å².